The van der Waals surface area contributed by atoms with Crippen molar-refractivity contribution in [1.29, 1.82) is 0 Å². The first-order valence-corrected chi connectivity index (χ1v) is 11.1. The van der Waals surface area contributed by atoms with Gasteiger partial charge in [0.15, 0.2) is 0 Å². The first kappa shape index (κ1) is 24.9. The Morgan fingerprint density at radius 3 is 2.19 bits per heavy atom. The van der Waals surface area contributed by atoms with Crippen molar-refractivity contribution in [3.05, 3.63) is 29.8 Å². The van der Waals surface area contributed by atoms with Gasteiger partial charge in [-0.15, -0.1) is 0 Å². The third-order valence-electron chi connectivity index (χ3n) is 6.88. The van der Waals surface area contributed by atoms with Gasteiger partial charge in [-0.3, -0.25) is 4.79 Å². The van der Waals surface area contributed by atoms with Crippen LogP contribution in [-0.2, 0) is 4.79 Å². The van der Waals surface area contributed by atoms with Crippen molar-refractivity contribution in [2.45, 2.75) is 74.1 Å². The number of ether oxygens (including phenoxy) is 1. The van der Waals surface area contributed by atoms with Gasteiger partial charge in [0.1, 0.15) is 24.1 Å². The summed E-state index contributed by atoms with van der Waals surface area (Å²) < 4.78 is 5.78. The van der Waals surface area contributed by atoms with Crippen LogP contribution < -0.4 is 4.74 Å². The molecule has 0 aliphatic heterocycles. The maximum absolute atomic E-state index is 11.4. The Bertz CT molecular complexity index is 762. The van der Waals surface area contributed by atoms with E-state index in [0.717, 1.165) is 5.56 Å². The normalized spacial score (nSPS) is 36.6. The van der Waals surface area contributed by atoms with Crippen LogP contribution in [0, 0.1) is 5.92 Å². The topological polar surface area (TPSA) is 151 Å². The molecule has 6 N–H and O–H groups in total. The number of aliphatic hydroxyl groups is 5. The number of hydrogen-bond acceptors (Lipinski definition) is 8. The molecule has 1 aromatic rings. The summed E-state index contributed by atoms with van der Waals surface area (Å²) >= 11 is 0. The lowest BCUT2D eigenvalue weighted by atomic mass is 9.72. The van der Waals surface area contributed by atoms with Crippen molar-refractivity contribution in [3.8, 4) is 5.75 Å². The van der Waals surface area contributed by atoms with Crippen molar-refractivity contribution in [1.82, 2.24) is 4.90 Å². The SMILES string of the molecule is CN(C)CC(c1ccc(OC2CC(C(=O)O)C(O)C(O)C2O)cc1)C1(O)CCC(O)CC1. The van der Waals surface area contributed by atoms with Crippen molar-refractivity contribution < 1.29 is 40.2 Å². The molecule has 9 nitrogen and oxygen atoms in total. The Morgan fingerprint density at radius 2 is 1.66 bits per heavy atom. The minimum absolute atomic E-state index is 0.137. The van der Waals surface area contributed by atoms with Crippen LogP contribution in [0.1, 0.15) is 43.6 Å². The quantitative estimate of drug-likeness (QED) is 0.333. The number of likely N-dealkylation sites (N-methyl/N-ethyl adjacent to an activating group) is 1. The molecule has 2 aliphatic carbocycles. The molecule has 180 valence electrons. The van der Waals surface area contributed by atoms with E-state index in [1.54, 1.807) is 12.1 Å². The molecule has 9 heteroatoms. The van der Waals surface area contributed by atoms with Crippen LogP contribution in [0.4, 0.5) is 0 Å². The number of nitrogens with zero attached hydrogens (tertiary/aromatic N) is 1. The number of carbonyl (C=O) groups is 1. The summed E-state index contributed by atoms with van der Waals surface area (Å²) in [5.74, 6) is -2.28. The summed E-state index contributed by atoms with van der Waals surface area (Å²) in [5.41, 5.74) is -0.0200. The Hall–Kier alpha value is -1.75. The molecule has 0 aromatic heterocycles. The fraction of sp³-hybridized carbons (Fsp3) is 0.696. The zero-order chi connectivity index (χ0) is 23.6. The van der Waals surface area contributed by atoms with Gasteiger partial charge in [-0.1, -0.05) is 12.1 Å². The third-order valence-corrected chi connectivity index (χ3v) is 6.88. The molecule has 0 amide bonds. The van der Waals surface area contributed by atoms with E-state index in [2.05, 4.69) is 0 Å². The van der Waals surface area contributed by atoms with Crippen LogP contribution in [0.5, 0.6) is 5.75 Å². The van der Waals surface area contributed by atoms with Crippen LogP contribution >= 0.6 is 0 Å². The van der Waals surface area contributed by atoms with Gasteiger partial charge in [-0.05, 0) is 57.5 Å². The minimum Gasteiger partial charge on any atom is -0.488 e. The molecule has 6 unspecified atom stereocenters. The Balaban J connectivity index is 1.75. The smallest absolute Gasteiger partial charge is 0.309 e. The number of rotatable bonds is 7. The molecule has 6 atom stereocenters. The van der Waals surface area contributed by atoms with E-state index >= 15 is 0 Å². The summed E-state index contributed by atoms with van der Waals surface area (Å²) in [6, 6.07) is 7.06. The number of carboxylic acid groups (broad SMARTS) is 1. The molecule has 0 radical (unpaired) electrons. The maximum Gasteiger partial charge on any atom is 0.309 e. The molecule has 2 saturated carbocycles. The highest BCUT2D eigenvalue weighted by Gasteiger charge is 2.47. The second-order valence-corrected chi connectivity index (χ2v) is 9.53. The highest BCUT2D eigenvalue weighted by molar-refractivity contribution is 5.71. The highest BCUT2D eigenvalue weighted by atomic mass is 16.5. The van der Waals surface area contributed by atoms with E-state index in [1.807, 2.05) is 31.1 Å². The van der Waals surface area contributed by atoms with Crippen LogP contribution in [0.2, 0.25) is 0 Å². The molecule has 32 heavy (non-hydrogen) atoms. The van der Waals surface area contributed by atoms with E-state index in [-0.39, 0.29) is 18.4 Å². The molecule has 0 spiro atoms. The second kappa shape index (κ2) is 10.0. The monoisotopic (exact) mass is 453 g/mol. The molecule has 0 bridgehead atoms. The summed E-state index contributed by atoms with van der Waals surface area (Å²) in [6.45, 7) is 0.624. The van der Waals surface area contributed by atoms with Crippen LogP contribution in [0.3, 0.4) is 0 Å². The molecule has 3 rings (SSSR count). The van der Waals surface area contributed by atoms with E-state index in [9.17, 15) is 35.4 Å². The first-order valence-electron chi connectivity index (χ1n) is 11.1. The van der Waals surface area contributed by atoms with Gasteiger partial charge in [0, 0.05) is 18.9 Å². The standard InChI is InChI=1S/C23H35NO8/c1-24(2)12-17(23(31)9-7-14(25)8-10-23)13-3-5-15(6-4-13)32-18-11-16(22(29)30)19(26)21(28)20(18)27/h3-6,14,16-21,25-28,31H,7-12H2,1-2H3,(H,29,30). The molecule has 1 aromatic carbocycles. The van der Waals surface area contributed by atoms with Crippen LogP contribution in [-0.4, -0.2) is 98.3 Å². The molecule has 2 fully saturated rings. The van der Waals surface area contributed by atoms with E-state index in [4.69, 9.17) is 4.74 Å². The zero-order valence-electron chi connectivity index (χ0n) is 18.5. The van der Waals surface area contributed by atoms with Crippen LogP contribution in [0.15, 0.2) is 24.3 Å². The Morgan fingerprint density at radius 1 is 1.06 bits per heavy atom. The molecule has 0 saturated heterocycles. The molecular formula is C23H35NO8. The highest BCUT2D eigenvalue weighted by Crippen LogP contribution is 2.41. The summed E-state index contributed by atoms with van der Waals surface area (Å²) in [6.07, 6.45) is -3.97. The summed E-state index contributed by atoms with van der Waals surface area (Å²) in [7, 11) is 3.88. The number of benzene rings is 1. The number of aliphatic carboxylic acids is 1. The lowest BCUT2D eigenvalue weighted by Crippen LogP contribution is -2.57. The summed E-state index contributed by atoms with van der Waals surface area (Å²) in [4.78, 5) is 13.4. The Labute approximate surface area is 187 Å². The largest absolute Gasteiger partial charge is 0.488 e. The average molecular weight is 454 g/mol. The number of carboxylic acids is 1. The minimum atomic E-state index is -1.62. The zero-order valence-corrected chi connectivity index (χ0v) is 18.5. The van der Waals surface area contributed by atoms with Gasteiger partial charge in [0.2, 0.25) is 0 Å². The fourth-order valence-electron chi connectivity index (χ4n) is 4.91. The fourth-order valence-corrected chi connectivity index (χ4v) is 4.91. The average Bonchev–Trinajstić information content (AvgIpc) is 2.75. The van der Waals surface area contributed by atoms with Crippen molar-refractivity contribution in [2.24, 2.45) is 5.92 Å². The van der Waals surface area contributed by atoms with Gasteiger partial charge < -0.3 is 40.3 Å². The predicted molar refractivity (Wildman–Crippen MR) is 115 cm³/mol. The van der Waals surface area contributed by atoms with E-state index < -0.39 is 41.9 Å². The first-order chi connectivity index (χ1) is 15.0. The number of aliphatic hydroxyl groups excluding tert-OH is 4. The summed E-state index contributed by atoms with van der Waals surface area (Å²) in [5, 5.41) is 60.6. The Kier molecular flexibility index (Phi) is 7.80. The molecule has 0 heterocycles. The van der Waals surface area contributed by atoms with Crippen molar-refractivity contribution in [2.75, 3.05) is 20.6 Å². The number of hydrogen-bond donors (Lipinski definition) is 6. The third kappa shape index (κ3) is 5.41. The van der Waals surface area contributed by atoms with Crippen molar-refractivity contribution >= 4 is 5.97 Å². The van der Waals surface area contributed by atoms with E-state index in [1.165, 1.54) is 0 Å². The second-order valence-electron chi connectivity index (χ2n) is 9.53. The van der Waals surface area contributed by atoms with Crippen LogP contribution in [0.25, 0.3) is 0 Å². The van der Waals surface area contributed by atoms with Gasteiger partial charge >= 0.3 is 5.97 Å². The van der Waals surface area contributed by atoms with Gasteiger partial charge in [-0.2, -0.15) is 0 Å². The lowest BCUT2D eigenvalue weighted by molar-refractivity contribution is -0.174. The van der Waals surface area contributed by atoms with Gasteiger partial charge in [0.25, 0.3) is 0 Å². The lowest BCUT2D eigenvalue weighted by Gasteiger charge is -2.42. The van der Waals surface area contributed by atoms with Crippen molar-refractivity contribution in [3.63, 3.8) is 0 Å². The molecule has 2 aliphatic rings. The predicted octanol–water partition coefficient (Wildman–Crippen LogP) is -0.0676. The maximum atomic E-state index is 11.4. The molecular weight excluding hydrogens is 418 g/mol. The van der Waals surface area contributed by atoms with Gasteiger partial charge in [0.05, 0.1) is 23.7 Å². The van der Waals surface area contributed by atoms with Gasteiger partial charge in [-0.25, -0.2) is 0 Å². The van der Waals surface area contributed by atoms with E-state index in [0.29, 0.717) is 38.0 Å².